The summed E-state index contributed by atoms with van der Waals surface area (Å²) in [5.74, 6) is -14.4. The average Bonchev–Trinajstić information content (AvgIpc) is 2.56. The smallest absolute Gasteiger partial charge is 0.208 e. The van der Waals surface area contributed by atoms with E-state index < -0.39 is 70.4 Å². The van der Waals surface area contributed by atoms with Crippen LogP contribution in [-0.2, 0) is 0 Å². The van der Waals surface area contributed by atoms with Crippen molar-refractivity contribution in [3.8, 4) is 11.5 Å². The summed E-state index contributed by atoms with van der Waals surface area (Å²) in [5.41, 5.74) is -2.47. The van der Waals surface area contributed by atoms with E-state index in [1.165, 1.54) is 0 Å². The van der Waals surface area contributed by atoms with Crippen LogP contribution in [0.1, 0.15) is 0 Å². The molecule has 10 heteroatoms. The molecule has 0 spiro atoms. The zero-order valence-electron chi connectivity index (χ0n) is 12.2. The number of hydrogen-bond acceptors (Lipinski definition) is 2. The van der Waals surface area contributed by atoms with Crippen molar-refractivity contribution in [1.82, 2.24) is 0 Å². The van der Waals surface area contributed by atoms with E-state index >= 15 is 0 Å². The second-order valence-electron chi connectivity index (χ2n) is 4.61. The van der Waals surface area contributed by atoms with E-state index in [0.717, 1.165) is 14.2 Å². The summed E-state index contributed by atoms with van der Waals surface area (Å²) < 4.78 is 105. The highest BCUT2D eigenvalue weighted by atomic mass is 19.2. The zero-order valence-corrected chi connectivity index (χ0v) is 12.2. The van der Waals surface area contributed by atoms with Crippen LogP contribution in [0.2, 0.25) is 0 Å². The lowest BCUT2D eigenvalue weighted by Gasteiger charge is -2.13. The maximum Gasteiger partial charge on any atom is 0.208 e. The van der Waals surface area contributed by atoms with Crippen molar-refractivity contribution in [2.75, 3.05) is 14.2 Å². The monoisotopic (exact) mass is 352 g/mol. The predicted molar refractivity (Wildman–Crippen MR) is 72.1 cm³/mol. The van der Waals surface area contributed by atoms with Gasteiger partial charge in [-0.05, 0) is 10.9 Å². The van der Waals surface area contributed by atoms with E-state index in [1.807, 2.05) is 0 Å². The van der Waals surface area contributed by atoms with Gasteiger partial charge in [0.05, 0.1) is 14.2 Å². The van der Waals surface area contributed by atoms with Crippen LogP contribution in [0.3, 0.4) is 0 Å². The molecule has 2 nitrogen and oxygen atoms in total. The van der Waals surface area contributed by atoms with Crippen molar-refractivity contribution < 1.29 is 40.2 Å². The van der Waals surface area contributed by atoms with Crippen LogP contribution in [0.25, 0.3) is 0 Å². The maximum absolute atomic E-state index is 14.0. The van der Waals surface area contributed by atoms with Gasteiger partial charge in [0.25, 0.3) is 0 Å². The lowest BCUT2D eigenvalue weighted by atomic mass is 9.62. The molecule has 0 saturated heterocycles. The Morgan fingerprint density at radius 2 is 1.17 bits per heavy atom. The Bertz CT molecular complexity index is 782. The van der Waals surface area contributed by atoms with Crippen molar-refractivity contribution in [1.29, 1.82) is 0 Å². The van der Waals surface area contributed by atoms with Crippen LogP contribution >= 0.6 is 0 Å². The summed E-state index contributed by atoms with van der Waals surface area (Å²) in [5, 5.41) is 0. The topological polar surface area (TPSA) is 18.5 Å². The van der Waals surface area contributed by atoms with Gasteiger partial charge in [0.15, 0.2) is 40.6 Å². The van der Waals surface area contributed by atoms with Gasteiger partial charge in [-0.2, -0.15) is 8.78 Å². The van der Waals surface area contributed by atoms with Gasteiger partial charge in [0.1, 0.15) is 0 Å². The number of benzene rings is 2. The fourth-order valence-electron chi connectivity index (χ4n) is 2.10. The minimum absolute atomic E-state index is 0.385. The van der Waals surface area contributed by atoms with Gasteiger partial charge in [-0.3, -0.25) is 0 Å². The highest BCUT2D eigenvalue weighted by Crippen LogP contribution is 2.25. The molecule has 0 unspecified atom stereocenters. The van der Waals surface area contributed by atoms with E-state index in [0.29, 0.717) is 6.07 Å². The third-order valence-corrected chi connectivity index (χ3v) is 3.31. The van der Waals surface area contributed by atoms with Gasteiger partial charge in [-0.25, -0.2) is 22.0 Å². The minimum Gasteiger partial charge on any atom is -0.494 e. The highest BCUT2D eigenvalue weighted by Gasteiger charge is 2.29. The lowest BCUT2D eigenvalue weighted by Crippen LogP contribution is -2.38. The van der Waals surface area contributed by atoms with E-state index in [1.54, 1.807) is 0 Å². The van der Waals surface area contributed by atoms with Crippen molar-refractivity contribution in [2.24, 2.45) is 0 Å². The van der Waals surface area contributed by atoms with Gasteiger partial charge in [-0.15, -0.1) is 0 Å². The Hall–Kier alpha value is -2.39. The summed E-state index contributed by atoms with van der Waals surface area (Å²) in [7, 11) is 0.436. The van der Waals surface area contributed by atoms with Crippen molar-refractivity contribution in [2.45, 2.75) is 0 Å². The molecule has 0 atom stereocenters. The molecule has 0 aliphatic heterocycles. The maximum atomic E-state index is 14.0. The third kappa shape index (κ3) is 2.76. The van der Waals surface area contributed by atoms with Crippen LogP contribution < -0.4 is 20.4 Å². The fourth-order valence-corrected chi connectivity index (χ4v) is 2.10. The van der Waals surface area contributed by atoms with Gasteiger partial charge >= 0.3 is 0 Å². The number of ether oxygens (including phenoxy) is 2. The normalized spacial score (nSPS) is 10.7. The molecule has 0 saturated carbocycles. The molecule has 0 radical (unpaired) electrons. The molecule has 0 heterocycles. The molecular weight excluding hydrogens is 344 g/mol. The quantitative estimate of drug-likeness (QED) is 0.477. The molecule has 2 aromatic carbocycles. The zero-order chi connectivity index (χ0) is 18.2. The Balaban J connectivity index is 2.68. The van der Waals surface area contributed by atoms with Crippen LogP contribution in [0.4, 0.5) is 30.7 Å². The van der Waals surface area contributed by atoms with Crippen LogP contribution in [0.5, 0.6) is 11.5 Å². The second-order valence-corrected chi connectivity index (χ2v) is 4.61. The van der Waals surface area contributed by atoms with E-state index in [2.05, 4.69) is 9.47 Å². The van der Waals surface area contributed by atoms with Gasteiger partial charge < -0.3 is 9.47 Å². The number of rotatable bonds is 4. The molecule has 2 rings (SSSR count). The van der Waals surface area contributed by atoms with Gasteiger partial charge in [-0.1, -0.05) is 0 Å². The Labute approximate surface area is 132 Å². The lowest BCUT2D eigenvalue weighted by molar-refractivity contribution is 0.335. The first-order valence-corrected chi connectivity index (χ1v) is 6.33. The van der Waals surface area contributed by atoms with Gasteiger partial charge in [0, 0.05) is 6.07 Å². The molecular formula is C14H8BF7O2. The third-order valence-electron chi connectivity index (χ3n) is 3.31. The van der Waals surface area contributed by atoms with Crippen LogP contribution in [-0.4, -0.2) is 21.5 Å². The number of halogens is 7. The molecule has 0 fully saturated rings. The van der Waals surface area contributed by atoms with Crippen LogP contribution in [0.15, 0.2) is 6.07 Å². The predicted octanol–water partition coefficient (Wildman–Crippen LogP) is 2.06. The highest BCUT2D eigenvalue weighted by molar-refractivity contribution is 6.67. The Morgan fingerprint density at radius 1 is 0.667 bits per heavy atom. The van der Waals surface area contributed by atoms with Crippen molar-refractivity contribution in [3.63, 3.8) is 0 Å². The van der Waals surface area contributed by atoms with Gasteiger partial charge in [0.2, 0.25) is 18.9 Å². The molecule has 0 aromatic heterocycles. The van der Waals surface area contributed by atoms with E-state index in [4.69, 9.17) is 0 Å². The summed E-state index contributed by atoms with van der Waals surface area (Å²) in [6, 6.07) is 0.385. The number of methoxy groups -OCH3 is 2. The van der Waals surface area contributed by atoms with E-state index in [9.17, 15) is 30.7 Å². The molecule has 0 aliphatic carbocycles. The van der Waals surface area contributed by atoms with E-state index in [-0.39, 0.29) is 0 Å². The molecule has 2 aromatic rings. The molecule has 0 amide bonds. The first kappa shape index (κ1) is 18.0. The minimum atomic E-state index is -1.91. The van der Waals surface area contributed by atoms with Crippen molar-refractivity contribution in [3.05, 3.63) is 46.8 Å². The molecule has 0 bridgehead atoms. The Morgan fingerprint density at radius 3 is 1.62 bits per heavy atom. The standard InChI is InChI=1S/C14H8BF7O2/c1-23-5-3-4(16)8(17)6(9(5)18)15-7-10(19)12(21)14(24-2)13(22)11(7)20/h3,15H,1-2H3. The Kier molecular flexibility index (Phi) is 4.95. The fraction of sp³-hybridized carbons (Fsp3) is 0.143. The molecule has 0 aliphatic rings. The number of hydrogen-bond donors (Lipinski definition) is 0. The summed E-state index contributed by atoms with van der Waals surface area (Å²) in [4.78, 5) is 0. The summed E-state index contributed by atoms with van der Waals surface area (Å²) >= 11 is 0. The molecule has 0 N–H and O–H groups in total. The molecule has 24 heavy (non-hydrogen) atoms. The first-order valence-electron chi connectivity index (χ1n) is 6.33. The van der Waals surface area contributed by atoms with Crippen LogP contribution in [0, 0.1) is 40.7 Å². The largest absolute Gasteiger partial charge is 0.494 e. The summed E-state index contributed by atoms with van der Waals surface area (Å²) in [6.07, 6.45) is 0. The average molecular weight is 352 g/mol. The summed E-state index contributed by atoms with van der Waals surface area (Å²) in [6.45, 7) is 0. The van der Waals surface area contributed by atoms with Crippen molar-refractivity contribution >= 4 is 18.2 Å². The first-order chi connectivity index (χ1) is 11.2. The molecule has 128 valence electrons. The SMILES string of the molecule is COc1cc(F)c(F)c(Bc2c(F)c(F)c(OC)c(F)c2F)c1F. The second kappa shape index (κ2) is 6.62.